The smallest absolute Gasteiger partial charge is 0.119 e. The molecule has 0 saturated heterocycles. The second-order valence-corrected chi connectivity index (χ2v) is 6.13. The maximum Gasteiger partial charge on any atom is 0.119 e. The molecule has 1 unspecified atom stereocenters. The van der Waals surface area contributed by atoms with E-state index in [1.807, 2.05) is 50.5 Å². The lowest BCUT2D eigenvalue weighted by atomic mass is 9.70. The van der Waals surface area contributed by atoms with E-state index in [1.54, 1.807) is 6.07 Å². The zero-order valence-electron chi connectivity index (χ0n) is 14.0. The second kappa shape index (κ2) is 8.34. The van der Waals surface area contributed by atoms with Crippen molar-refractivity contribution in [2.24, 2.45) is 0 Å². The van der Waals surface area contributed by atoms with E-state index in [-0.39, 0.29) is 24.8 Å². The average Bonchev–Trinajstić information content (AvgIpc) is 2.51. The highest BCUT2D eigenvalue weighted by molar-refractivity contribution is 5.85. The lowest BCUT2D eigenvalue weighted by Crippen LogP contribution is -2.36. The van der Waals surface area contributed by atoms with Gasteiger partial charge in [0, 0.05) is 11.0 Å². The Morgan fingerprint density at radius 2 is 1.52 bits per heavy atom. The van der Waals surface area contributed by atoms with E-state index in [0.717, 1.165) is 29.7 Å². The number of halogens is 1. The number of aliphatic hydroxyl groups excluding tert-OH is 1. The van der Waals surface area contributed by atoms with Gasteiger partial charge in [-0.25, -0.2) is 0 Å². The lowest BCUT2D eigenvalue weighted by Gasteiger charge is -2.36. The Kier molecular flexibility index (Phi) is 7.07. The van der Waals surface area contributed by atoms with Crippen molar-refractivity contribution in [3.05, 3.63) is 65.2 Å². The molecule has 2 aromatic rings. The van der Waals surface area contributed by atoms with Crippen LogP contribution >= 0.6 is 12.4 Å². The van der Waals surface area contributed by atoms with E-state index in [0.29, 0.717) is 0 Å². The topological polar surface area (TPSA) is 43.7 Å². The molecule has 0 radical (unpaired) electrons. The Labute approximate surface area is 145 Å². The third kappa shape index (κ3) is 4.05. The van der Waals surface area contributed by atoms with Crippen LogP contribution < -0.4 is 0 Å². The largest absolute Gasteiger partial charge is 0.508 e. The van der Waals surface area contributed by atoms with Crippen LogP contribution in [0.3, 0.4) is 0 Å². The molecule has 2 N–H and O–H groups in total. The molecular formula is C19H26ClNO2. The number of aliphatic hydroxyl groups is 1. The number of hydrogen-bond acceptors (Lipinski definition) is 3. The van der Waals surface area contributed by atoms with E-state index in [9.17, 15) is 10.2 Å². The Morgan fingerprint density at radius 3 is 2.04 bits per heavy atom. The van der Waals surface area contributed by atoms with Crippen LogP contribution in [0, 0.1) is 6.92 Å². The molecule has 2 aromatic carbocycles. The number of hydrogen-bond donors (Lipinski definition) is 2. The highest BCUT2D eigenvalue weighted by Gasteiger charge is 2.36. The molecule has 3 nitrogen and oxygen atoms in total. The molecule has 0 aliphatic rings. The monoisotopic (exact) mass is 335 g/mol. The Balaban J connectivity index is 0.00000264. The first-order chi connectivity index (χ1) is 10.5. The zero-order chi connectivity index (χ0) is 16.2. The summed E-state index contributed by atoms with van der Waals surface area (Å²) in [5.41, 5.74) is 2.38. The Morgan fingerprint density at radius 1 is 0.957 bits per heavy atom. The molecule has 1 atom stereocenters. The van der Waals surface area contributed by atoms with Gasteiger partial charge in [0.2, 0.25) is 0 Å². The summed E-state index contributed by atoms with van der Waals surface area (Å²) in [5, 5.41) is 20.7. The number of aryl methyl sites for hydroxylation is 1. The van der Waals surface area contributed by atoms with Crippen LogP contribution in [0.25, 0.3) is 0 Å². The van der Waals surface area contributed by atoms with E-state index >= 15 is 0 Å². The maximum atomic E-state index is 10.4. The average molecular weight is 336 g/mol. The van der Waals surface area contributed by atoms with Gasteiger partial charge in [-0.05, 0) is 51.2 Å². The van der Waals surface area contributed by atoms with Gasteiger partial charge in [-0.3, -0.25) is 0 Å². The number of para-hydroxylation sites is 1. The number of phenols is 1. The van der Waals surface area contributed by atoms with Gasteiger partial charge in [0.25, 0.3) is 0 Å². The van der Waals surface area contributed by atoms with Crippen LogP contribution in [0.5, 0.6) is 5.75 Å². The molecule has 23 heavy (non-hydrogen) atoms. The molecule has 0 bridgehead atoms. The van der Waals surface area contributed by atoms with E-state index in [1.165, 1.54) is 0 Å². The van der Waals surface area contributed by atoms with Gasteiger partial charge in [-0.15, -0.1) is 12.4 Å². The highest BCUT2D eigenvalue weighted by atomic mass is 35.5. The first kappa shape index (κ1) is 19.5. The van der Waals surface area contributed by atoms with Crippen LogP contribution in [-0.2, 0) is 5.41 Å². The second-order valence-electron chi connectivity index (χ2n) is 6.13. The summed E-state index contributed by atoms with van der Waals surface area (Å²) >= 11 is 0. The van der Waals surface area contributed by atoms with Crippen molar-refractivity contribution in [3.8, 4) is 5.75 Å². The zero-order valence-corrected chi connectivity index (χ0v) is 14.8. The Hall–Kier alpha value is -1.55. The van der Waals surface area contributed by atoms with E-state index in [2.05, 4.69) is 17.9 Å². The first-order valence-corrected chi connectivity index (χ1v) is 7.61. The van der Waals surface area contributed by atoms with Gasteiger partial charge in [0.05, 0.1) is 6.61 Å². The molecule has 0 aliphatic heterocycles. The van der Waals surface area contributed by atoms with Gasteiger partial charge >= 0.3 is 0 Å². The predicted molar refractivity (Wildman–Crippen MR) is 97.6 cm³/mol. The summed E-state index contributed by atoms with van der Waals surface area (Å²) < 4.78 is 0. The number of nitrogens with zero attached hydrogens (tertiary/aromatic N) is 1. The summed E-state index contributed by atoms with van der Waals surface area (Å²) in [5.74, 6) is 0.235. The fraction of sp³-hybridized carbons (Fsp3) is 0.368. The van der Waals surface area contributed by atoms with Gasteiger partial charge in [-0.2, -0.15) is 0 Å². The van der Waals surface area contributed by atoms with E-state index in [4.69, 9.17) is 0 Å². The van der Waals surface area contributed by atoms with Crippen molar-refractivity contribution in [1.82, 2.24) is 4.90 Å². The van der Waals surface area contributed by atoms with Crippen LogP contribution in [0.4, 0.5) is 0 Å². The molecule has 0 heterocycles. The van der Waals surface area contributed by atoms with Crippen molar-refractivity contribution in [3.63, 3.8) is 0 Å². The quantitative estimate of drug-likeness (QED) is 0.850. The fourth-order valence-corrected chi connectivity index (χ4v) is 3.07. The third-order valence-electron chi connectivity index (χ3n) is 4.34. The van der Waals surface area contributed by atoms with Crippen LogP contribution in [-0.4, -0.2) is 42.4 Å². The number of rotatable bonds is 6. The number of phenolic OH excluding ortho intramolecular Hbond substituents is 1. The molecular weight excluding hydrogens is 310 g/mol. The lowest BCUT2D eigenvalue weighted by molar-refractivity contribution is 0.196. The van der Waals surface area contributed by atoms with Crippen molar-refractivity contribution in [2.75, 3.05) is 27.2 Å². The molecule has 0 amide bonds. The van der Waals surface area contributed by atoms with Crippen molar-refractivity contribution < 1.29 is 10.2 Å². The first-order valence-electron chi connectivity index (χ1n) is 7.61. The van der Waals surface area contributed by atoms with Crippen molar-refractivity contribution >= 4 is 12.4 Å². The van der Waals surface area contributed by atoms with Crippen LogP contribution in [0.1, 0.15) is 23.1 Å². The summed E-state index contributed by atoms with van der Waals surface area (Å²) in [6.07, 6.45) is 0.735. The van der Waals surface area contributed by atoms with Gasteiger partial charge < -0.3 is 15.1 Å². The molecule has 0 saturated carbocycles. The van der Waals surface area contributed by atoms with E-state index < -0.39 is 5.41 Å². The summed E-state index contributed by atoms with van der Waals surface area (Å²) in [7, 11) is 4.04. The molecule has 4 heteroatoms. The maximum absolute atomic E-state index is 10.4. The molecule has 126 valence electrons. The summed E-state index contributed by atoms with van der Waals surface area (Å²) in [6.45, 7) is 2.84. The number of aromatic hydroxyl groups is 1. The van der Waals surface area contributed by atoms with Crippen LogP contribution in [0.15, 0.2) is 48.5 Å². The fourth-order valence-electron chi connectivity index (χ4n) is 3.07. The summed E-state index contributed by atoms with van der Waals surface area (Å²) in [4.78, 5) is 2.10. The standard InChI is InChI=1S/C19H25NO2.ClH/c1-15-8-4-5-9-16(15)19(14-21,12-13-20(2)3)17-10-6-7-11-18(17)22;/h4-11,21-22H,12-14H2,1-3H3;1H. The normalized spacial score (nSPS) is 13.4. The highest BCUT2D eigenvalue weighted by Crippen LogP contribution is 2.41. The predicted octanol–water partition coefficient (Wildman–Crippen LogP) is 3.35. The number of benzene rings is 2. The third-order valence-corrected chi connectivity index (χ3v) is 4.34. The Bertz CT molecular complexity index is 583. The van der Waals surface area contributed by atoms with Crippen molar-refractivity contribution in [1.29, 1.82) is 0 Å². The SMILES string of the molecule is Cc1ccccc1C(CO)(CCN(C)C)c1ccccc1O.Cl. The molecule has 0 aliphatic carbocycles. The minimum absolute atomic E-state index is 0. The van der Waals surface area contributed by atoms with Gasteiger partial charge in [0.1, 0.15) is 5.75 Å². The van der Waals surface area contributed by atoms with Gasteiger partial charge in [-0.1, -0.05) is 42.5 Å². The summed E-state index contributed by atoms with van der Waals surface area (Å²) in [6, 6.07) is 15.4. The minimum atomic E-state index is -0.596. The molecule has 0 aromatic heterocycles. The molecule has 2 rings (SSSR count). The van der Waals surface area contributed by atoms with Crippen LogP contribution in [0.2, 0.25) is 0 Å². The molecule has 0 fully saturated rings. The minimum Gasteiger partial charge on any atom is -0.508 e. The van der Waals surface area contributed by atoms with Crippen molar-refractivity contribution in [2.45, 2.75) is 18.8 Å². The van der Waals surface area contributed by atoms with Gasteiger partial charge in [0.15, 0.2) is 0 Å². The molecule has 0 spiro atoms.